The van der Waals surface area contributed by atoms with Gasteiger partial charge in [0.05, 0.1) is 18.7 Å². The normalized spacial score (nSPS) is 18.6. The van der Waals surface area contributed by atoms with Gasteiger partial charge in [-0.2, -0.15) is 0 Å². The third-order valence-corrected chi connectivity index (χ3v) is 4.26. The maximum absolute atomic E-state index is 6.09. The first-order valence-corrected chi connectivity index (χ1v) is 6.52. The van der Waals surface area contributed by atoms with Gasteiger partial charge in [-0.25, -0.2) is 0 Å². The summed E-state index contributed by atoms with van der Waals surface area (Å²) >= 11 is 3.52. The number of halogens is 1. The second-order valence-corrected chi connectivity index (χ2v) is 5.49. The molecule has 0 saturated heterocycles. The fourth-order valence-corrected chi connectivity index (χ4v) is 2.95. The van der Waals surface area contributed by atoms with Crippen LogP contribution in [-0.2, 0) is 5.41 Å². The van der Waals surface area contributed by atoms with Crippen LogP contribution in [0.15, 0.2) is 16.6 Å². The Labute approximate surface area is 110 Å². The molecular formula is C13H18BrNO2. The third kappa shape index (κ3) is 2.04. The summed E-state index contributed by atoms with van der Waals surface area (Å²) in [5.41, 5.74) is 7.45. The second-order valence-electron chi connectivity index (χ2n) is 4.64. The van der Waals surface area contributed by atoms with Gasteiger partial charge in [0.2, 0.25) is 0 Å². The molecule has 0 radical (unpaired) electrons. The number of nitrogens with two attached hydrogens (primary N) is 1. The summed E-state index contributed by atoms with van der Waals surface area (Å²) in [6, 6.07) is 4.30. The lowest BCUT2D eigenvalue weighted by Crippen LogP contribution is -2.31. The van der Waals surface area contributed by atoms with E-state index in [1.54, 1.807) is 14.2 Å². The highest BCUT2D eigenvalue weighted by Gasteiger charge is 2.47. The average Bonchev–Trinajstić information content (AvgIpc) is 3.08. The molecule has 1 aliphatic carbocycles. The lowest BCUT2D eigenvalue weighted by molar-refractivity contribution is 0.352. The SMILES string of the molecule is COc1cc(C2(C(C)N)CC2)cc(Br)c1OC. The largest absolute Gasteiger partial charge is 0.493 e. The number of rotatable bonds is 4. The number of hydrogen-bond acceptors (Lipinski definition) is 3. The van der Waals surface area contributed by atoms with E-state index in [1.165, 1.54) is 5.56 Å². The van der Waals surface area contributed by atoms with Gasteiger partial charge in [-0.1, -0.05) is 0 Å². The molecule has 3 nitrogen and oxygen atoms in total. The molecule has 2 rings (SSSR count). The molecule has 0 amide bonds. The zero-order valence-corrected chi connectivity index (χ0v) is 12.0. The Balaban J connectivity index is 2.47. The summed E-state index contributed by atoms with van der Waals surface area (Å²) in [6.07, 6.45) is 2.29. The molecule has 0 heterocycles. The van der Waals surface area contributed by atoms with Gasteiger partial charge in [-0.05, 0) is 53.4 Å². The van der Waals surface area contributed by atoms with Crippen LogP contribution in [-0.4, -0.2) is 20.3 Å². The smallest absolute Gasteiger partial charge is 0.174 e. The number of ether oxygens (including phenoxy) is 2. The molecule has 1 saturated carbocycles. The molecule has 1 aliphatic rings. The lowest BCUT2D eigenvalue weighted by Gasteiger charge is -2.22. The van der Waals surface area contributed by atoms with E-state index in [2.05, 4.69) is 28.9 Å². The van der Waals surface area contributed by atoms with Crippen LogP contribution in [0.1, 0.15) is 25.3 Å². The zero-order valence-electron chi connectivity index (χ0n) is 10.4. The predicted octanol–water partition coefficient (Wildman–Crippen LogP) is 2.85. The topological polar surface area (TPSA) is 44.5 Å². The lowest BCUT2D eigenvalue weighted by atomic mass is 9.89. The molecule has 0 aromatic heterocycles. The first-order valence-electron chi connectivity index (χ1n) is 5.72. The van der Waals surface area contributed by atoms with Crippen LogP contribution in [0.3, 0.4) is 0 Å². The Morgan fingerprint density at radius 1 is 1.29 bits per heavy atom. The minimum Gasteiger partial charge on any atom is -0.493 e. The summed E-state index contributed by atoms with van der Waals surface area (Å²) in [7, 11) is 3.29. The molecule has 94 valence electrons. The van der Waals surface area contributed by atoms with Crippen molar-refractivity contribution in [3.63, 3.8) is 0 Å². The summed E-state index contributed by atoms with van der Waals surface area (Å²) in [4.78, 5) is 0. The Morgan fingerprint density at radius 2 is 1.94 bits per heavy atom. The van der Waals surface area contributed by atoms with Crippen LogP contribution in [0.4, 0.5) is 0 Å². The molecule has 1 aromatic carbocycles. The average molecular weight is 300 g/mol. The summed E-state index contributed by atoms with van der Waals surface area (Å²) in [6.45, 7) is 2.07. The highest BCUT2D eigenvalue weighted by molar-refractivity contribution is 9.10. The van der Waals surface area contributed by atoms with Gasteiger partial charge in [0, 0.05) is 11.5 Å². The molecule has 1 atom stereocenters. The fourth-order valence-electron chi connectivity index (χ4n) is 2.35. The van der Waals surface area contributed by atoms with Crippen molar-refractivity contribution in [1.29, 1.82) is 0 Å². The van der Waals surface area contributed by atoms with E-state index in [1.807, 2.05) is 6.07 Å². The van der Waals surface area contributed by atoms with Crippen LogP contribution < -0.4 is 15.2 Å². The standard InChI is InChI=1S/C13H18BrNO2/c1-8(15)13(4-5-13)9-6-10(14)12(17-3)11(7-9)16-2/h6-8H,4-5,15H2,1-3H3. The number of hydrogen-bond donors (Lipinski definition) is 1. The van der Waals surface area contributed by atoms with Crippen molar-refractivity contribution in [3.8, 4) is 11.5 Å². The minimum atomic E-state index is 0.127. The quantitative estimate of drug-likeness (QED) is 0.930. The molecule has 1 unspecified atom stereocenters. The molecule has 1 aromatic rings. The van der Waals surface area contributed by atoms with Crippen LogP contribution >= 0.6 is 15.9 Å². The second kappa shape index (κ2) is 4.50. The van der Waals surface area contributed by atoms with Crippen LogP contribution in [0.2, 0.25) is 0 Å². The van der Waals surface area contributed by atoms with Crippen molar-refractivity contribution in [2.75, 3.05) is 14.2 Å². The van der Waals surface area contributed by atoms with Crippen LogP contribution in [0.25, 0.3) is 0 Å². The highest BCUT2D eigenvalue weighted by atomic mass is 79.9. The molecule has 0 bridgehead atoms. The van der Waals surface area contributed by atoms with Gasteiger partial charge in [0.15, 0.2) is 11.5 Å². The van der Waals surface area contributed by atoms with E-state index in [4.69, 9.17) is 15.2 Å². The van der Waals surface area contributed by atoms with E-state index in [0.717, 1.165) is 28.8 Å². The monoisotopic (exact) mass is 299 g/mol. The van der Waals surface area contributed by atoms with E-state index >= 15 is 0 Å². The first-order chi connectivity index (χ1) is 8.05. The van der Waals surface area contributed by atoms with E-state index in [9.17, 15) is 0 Å². The van der Waals surface area contributed by atoms with Crippen molar-refractivity contribution in [3.05, 3.63) is 22.2 Å². The molecule has 0 aliphatic heterocycles. The van der Waals surface area contributed by atoms with Crippen LogP contribution in [0.5, 0.6) is 11.5 Å². The van der Waals surface area contributed by atoms with Gasteiger partial charge in [0.1, 0.15) is 0 Å². The van der Waals surface area contributed by atoms with Crippen molar-refractivity contribution in [1.82, 2.24) is 0 Å². The number of methoxy groups -OCH3 is 2. The van der Waals surface area contributed by atoms with Crippen molar-refractivity contribution in [2.24, 2.45) is 5.73 Å². The van der Waals surface area contributed by atoms with Crippen LogP contribution in [0, 0.1) is 0 Å². The first kappa shape index (κ1) is 12.7. The molecule has 1 fully saturated rings. The maximum Gasteiger partial charge on any atom is 0.174 e. The van der Waals surface area contributed by atoms with Gasteiger partial charge >= 0.3 is 0 Å². The Morgan fingerprint density at radius 3 is 2.35 bits per heavy atom. The fraction of sp³-hybridized carbons (Fsp3) is 0.538. The summed E-state index contributed by atoms with van der Waals surface area (Å²) in [5.74, 6) is 1.49. The van der Waals surface area contributed by atoms with Gasteiger partial charge < -0.3 is 15.2 Å². The Kier molecular flexibility index (Phi) is 3.36. The molecule has 17 heavy (non-hydrogen) atoms. The van der Waals surface area contributed by atoms with Gasteiger partial charge in [-0.3, -0.25) is 0 Å². The van der Waals surface area contributed by atoms with Crippen molar-refractivity contribution < 1.29 is 9.47 Å². The zero-order chi connectivity index (χ0) is 12.6. The molecular weight excluding hydrogens is 282 g/mol. The Hall–Kier alpha value is -0.740. The molecule has 4 heteroatoms. The summed E-state index contributed by atoms with van der Waals surface area (Å²) < 4.78 is 11.6. The van der Waals surface area contributed by atoms with E-state index < -0.39 is 0 Å². The van der Waals surface area contributed by atoms with Crippen molar-refractivity contribution >= 4 is 15.9 Å². The third-order valence-electron chi connectivity index (χ3n) is 3.67. The van der Waals surface area contributed by atoms with E-state index in [0.29, 0.717) is 0 Å². The van der Waals surface area contributed by atoms with Crippen molar-refractivity contribution in [2.45, 2.75) is 31.2 Å². The highest BCUT2D eigenvalue weighted by Crippen LogP contribution is 2.53. The number of benzene rings is 1. The van der Waals surface area contributed by atoms with E-state index in [-0.39, 0.29) is 11.5 Å². The minimum absolute atomic E-state index is 0.127. The van der Waals surface area contributed by atoms with Gasteiger partial charge in [-0.15, -0.1) is 0 Å². The Bertz CT molecular complexity index is 428. The predicted molar refractivity (Wildman–Crippen MR) is 71.8 cm³/mol. The van der Waals surface area contributed by atoms with Gasteiger partial charge in [0.25, 0.3) is 0 Å². The molecule has 2 N–H and O–H groups in total. The molecule has 0 spiro atoms. The summed E-state index contributed by atoms with van der Waals surface area (Å²) in [5, 5.41) is 0. The maximum atomic E-state index is 6.09.